The van der Waals surface area contributed by atoms with E-state index in [1.807, 2.05) is 13.8 Å². The minimum atomic E-state index is -3.93. The van der Waals surface area contributed by atoms with E-state index in [0.717, 1.165) is 18.9 Å². The van der Waals surface area contributed by atoms with Crippen LogP contribution in [0.3, 0.4) is 0 Å². The molecule has 1 aliphatic heterocycles. The SMILES string of the molecule is CC1CCC(C)N(S(=O)(=O)c2cc(N)cc(Cl)c2F)C1. The highest BCUT2D eigenvalue weighted by Crippen LogP contribution is 2.32. The van der Waals surface area contributed by atoms with Crippen molar-refractivity contribution in [3.8, 4) is 0 Å². The molecular weight excluding hydrogens is 303 g/mol. The van der Waals surface area contributed by atoms with E-state index in [1.165, 1.54) is 10.4 Å². The third-order valence-corrected chi connectivity index (χ3v) is 5.92. The molecule has 112 valence electrons. The van der Waals surface area contributed by atoms with Crippen LogP contribution in [0.4, 0.5) is 10.1 Å². The lowest BCUT2D eigenvalue weighted by Crippen LogP contribution is -2.45. The van der Waals surface area contributed by atoms with E-state index >= 15 is 0 Å². The molecule has 7 heteroatoms. The van der Waals surface area contributed by atoms with Crippen LogP contribution in [0.5, 0.6) is 0 Å². The zero-order valence-electron chi connectivity index (χ0n) is 11.4. The molecule has 2 unspecified atom stereocenters. The fraction of sp³-hybridized carbons (Fsp3) is 0.538. The highest BCUT2D eigenvalue weighted by Gasteiger charge is 2.35. The van der Waals surface area contributed by atoms with Crippen LogP contribution < -0.4 is 5.73 Å². The average molecular weight is 321 g/mol. The summed E-state index contributed by atoms with van der Waals surface area (Å²) in [5, 5.41) is -0.277. The number of sulfonamides is 1. The summed E-state index contributed by atoms with van der Waals surface area (Å²) in [6.07, 6.45) is 1.73. The van der Waals surface area contributed by atoms with Crippen LogP contribution in [0.1, 0.15) is 26.7 Å². The maximum atomic E-state index is 14.1. The number of benzene rings is 1. The molecule has 1 saturated heterocycles. The quantitative estimate of drug-likeness (QED) is 0.852. The molecule has 0 amide bonds. The number of halogens is 2. The number of anilines is 1. The summed E-state index contributed by atoms with van der Waals surface area (Å²) in [6, 6.07) is 2.18. The topological polar surface area (TPSA) is 63.4 Å². The molecule has 4 nitrogen and oxygen atoms in total. The molecule has 2 rings (SSSR count). The highest BCUT2D eigenvalue weighted by molar-refractivity contribution is 7.89. The van der Waals surface area contributed by atoms with Crippen molar-refractivity contribution in [2.75, 3.05) is 12.3 Å². The molecule has 0 saturated carbocycles. The van der Waals surface area contributed by atoms with Gasteiger partial charge in [-0.25, -0.2) is 12.8 Å². The van der Waals surface area contributed by atoms with E-state index in [-0.39, 0.29) is 22.7 Å². The van der Waals surface area contributed by atoms with Crippen LogP contribution in [0.15, 0.2) is 17.0 Å². The Bertz CT molecular complexity index is 621. The van der Waals surface area contributed by atoms with Crippen molar-refractivity contribution in [2.45, 2.75) is 37.6 Å². The highest BCUT2D eigenvalue weighted by atomic mass is 35.5. The molecule has 0 aromatic heterocycles. The smallest absolute Gasteiger partial charge is 0.246 e. The minimum absolute atomic E-state index is 0.132. The van der Waals surface area contributed by atoms with Gasteiger partial charge in [-0.15, -0.1) is 0 Å². The first-order valence-corrected chi connectivity index (χ1v) is 8.31. The second-order valence-electron chi connectivity index (χ2n) is 5.42. The Labute approximate surface area is 123 Å². The maximum Gasteiger partial charge on any atom is 0.246 e. The van der Waals surface area contributed by atoms with Gasteiger partial charge in [0.25, 0.3) is 0 Å². The maximum absolute atomic E-state index is 14.1. The predicted octanol–water partition coefficient (Wildman–Crippen LogP) is 2.87. The first-order valence-electron chi connectivity index (χ1n) is 6.50. The van der Waals surface area contributed by atoms with Crippen molar-refractivity contribution in [1.82, 2.24) is 4.31 Å². The summed E-state index contributed by atoms with van der Waals surface area (Å²) in [4.78, 5) is -0.441. The summed E-state index contributed by atoms with van der Waals surface area (Å²) >= 11 is 5.69. The Morgan fingerprint density at radius 1 is 1.35 bits per heavy atom. The summed E-state index contributed by atoms with van der Waals surface area (Å²) in [5.74, 6) is -0.688. The van der Waals surface area contributed by atoms with Crippen LogP contribution in [-0.2, 0) is 10.0 Å². The molecule has 1 heterocycles. The molecule has 0 spiro atoms. The van der Waals surface area contributed by atoms with Crippen molar-refractivity contribution >= 4 is 27.3 Å². The zero-order chi connectivity index (χ0) is 15.1. The third-order valence-electron chi connectivity index (χ3n) is 3.66. The third kappa shape index (κ3) is 2.77. The van der Waals surface area contributed by atoms with Crippen LogP contribution >= 0.6 is 11.6 Å². The number of nitrogen functional groups attached to an aromatic ring is 1. The Hall–Kier alpha value is -0.850. The largest absolute Gasteiger partial charge is 0.399 e. The number of hydrogen-bond acceptors (Lipinski definition) is 3. The lowest BCUT2D eigenvalue weighted by molar-refractivity contribution is 0.217. The molecule has 1 aliphatic rings. The van der Waals surface area contributed by atoms with Crippen molar-refractivity contribution in [3.63, 3.8) is 0 Å². The first-order chi connectivity index (χ1) is 9.23. The van der Waals surface area contributed by atoms with E-state index in [1.54, 1.807) is 0 Å². The zero-order valence-corrected chi connectivity index (χ0v) is 13.0. The molecule has 0 bridgehead atoms. The average Bonchev–Trinajstić information content (AvgIpc) is 2.36. The fourth-order valence-electron chi connectivity index (χ4n) is 2.48. The van der Waals surface area contributed by atoms with Gasteiger partial charge < -0.3 is 5.73 Å². The molecule has 1 fully saturated rings. The molecule has 0 radical (unpaired) electrons. The normalized spacial score (nSPS) is 24.8. The fourth-order valence-corrected chi connectivity index (χ4v) is 4.67. The number of nitrogens with zero attached hydrogens (tertiary/aromatic N) is 1. The Morgan fingerprint density at radius 3 is 2.65 bits per heavy atom. The standard InChI is InChI=1S/C13H18ClFN2O2S/c1-8-3-4-9(2)17(7-8)20(18,19)12-6-10(16)5-11(14)13(12)15/h5-6,8-9H,3-4,7,16H2,1-2H3. The molecular formula is C13H18ClFN2O2S. The van der Waals surface area contributed by atoms with Crippen molar-refractivity contribution in [1.29, 1.82) is 0 Å². The van der Waals surface area contributed by atoms with E-state index in [4.69, 9.17) is 17.3 Å². The summed E-state index contributed by atoms with van der Waals surface area (Å²) in [7, 11) is -3.93. The lowest BCUT2D eigenvalue weighted by atomic mass is 9.97. The van der Waals surface area contributed by atoms with Crippen molar-refractivity contribution < 1.29 is 12.8 Å². The van der Waals surface area contributed by atoms with Crippen LogP contribution in [0.2, 0.25) is 5.02 Å². The van der Waals surface area contributed by atoms with Crippen molar-refractivity contribution in [3.05, 3.63) is 23.0 Å². The monoisotopic (exact) mass is 320 g/mol. The van der Waals surface area contributed by atoms with E-state index in [0.29, 0.717) is 6.54 Å². The van der Waals surface area contributed by atoms with Gasteiger partial charge in [-0.05, 0) is 37.8 Å². The van der Waals surface area contributed by atoms with Crippen molar-refractivity contribution in [2.24, 2.45) is 5.92 Å². The molecule has 0 aliphatic carbocycles. The molecule has 20 heavy (non-hydrogen) atoms. The van der Waals surface area contributed by atoms with Gasteiger partial charge in [0.1, 0.15) is 4.90 Å². The molecule has 1 aromatic rings. The van der Waals surface area contributed by atoms with Gasteiger partial charge in [-0.2, -0.15) is 4.31 Å². The van der Waals surface area contributed by atoms with E-state index in [9.17, 15) is 12.8 Å². The summed E-state index contributed by atoms with van der Waals surface area (Å²) in [6.45, 7) is 4.20. The van der Waals surface area contributed by atoms with Gasteiger partial charge in [0.05, 0.1) is 5.02 Å². The van der Waals surface area contributed by atoms with Gasteiger partial charge in [-0.1, -0.05) is 18.5 Å². The predicted molar refractivity (Wildman–Crippen MR) is 77.6 cm³/mol. The van der Waals surface area contributed by atoms with Gasteiger partial charge >= 0.3 is 0 Å². The first kappa shape index (κ1) is 15.5. The Morgan fingerprint density at radius 2 is 2.00 bits per heavy atom. The Balaban J connectivity index is 2.50. The van der Waals surface area contributed by atoms with Gasteiger partial charge in [0.2, 0.25) is 10.0 Å². The van der Waals surface area contributed by atoms with Crippen LogP contribution in [0.25, 0.3) is 0 Å². The number of hydrogen-bond donors (Lipinski definition) is 1. The second-order valence-corrected chi connectivity index (χ2v) is 7.69. The minimum Gasteiger partial charge on any atom is -0.399 e. The molecule has 1 aromatic carbocycles. The van der Waals surface area contributed by atoms with Gasteiger partial charge in [0, 0.05) is 18.3 Å². The second kappa shape index (κ2) is 5.50. The lowest BCUT2D eigenvalue weighted by Gasteiger charge is -2.35. The number of piperidine rings is 1. The van der Waals surface area contributed by atoms with E-state index < -0.39 is 20.7 Å². The van der Waals surface area contributed by atoms with Gasteiger partial charge in [0.15, 0.2) is 5.82 Å². The summed E-state index contributed by atoms with van der Waals surface area (Å²) < 4.78 is 40.7. The van der Waals surface area contributed by atoms with Crippen LogP contribution in [0, 0.1) is 11.7 Å². The van der Waals surface area contributed by atoms with Crippen LogP contribution in [-0.4, -0.2) is 25.3 Å². The summed E-state index contributed by atoms with van der Waals surface area (Å²) in [5.41, 5.74) is 5.71. The molecule has 2 N–H and O–H groups in total. The van der Waals surface area contributed by atoms with Gasteiger partial charge in [-0.3, -0.25) is 0 Å². The Kier molecular flexibility index (Phi) is 4.27. The number of rotatable bonds is 2. The molecule has 2 atom stereocenters. The number of nitrogens with two attached hydrogens (primary N) is 1. The van der Waals surface area contributed by atoms with E-state index in [2.05, 4.69) is 0 Å².